The first-order valence-corrected chi connectivity index (χ1v) is 17.8. The predicted molar refractivity (Wildman–Crippen MR) is 175 cm³/mol. The fourth-order valence-electron chi connectivity index (χ4n) is 6.00. The summed E-state index contributed by atoms with van der Waals surface area (Å²) < 4.78 is 50.6. The largest absolute Gasteiger partial charge is 0.494 e. The highest BCUT2D eigenvalue weighted by molar-refractivity contribution is 7.90. The van der Waals surface area contributed by atoms with Crippen LogP contribution in [-0.4, -0.2) is 96.7 Å². The van der Waals surface area contributed by atoms with E-state index < -0.39 is 58.4 Å². The van der Waals surface area contributed by atoms with Gasteiger partial charge in [-0.1, -0.05) is 24.3 Å². The molecule has 1 unspecified atom stereocenters. The van der Waals surface area contributed by atoms with E-state index in [1.165, 1.54) is 6.26 Å². The molecule has 13 nitrogen and oxygen atoms in total. The number of ether oxygens (including phenoxy) is 5. The number of carboxylic acids is 1. The van der Waals surface area contributed by atoms with Crippen molar-refractivity contribution < 1.29 is 62.1 Å². The number of benzene rings is 3. The molecular formula is C35H40O13S. The maximum absolute atomic E-state index is 12.7. The SMILES string of the molecule is Cc1cc(OCCCS(C)(=O)=O)cc(C)c1-c1cccc(COc2ccc3c(c2)OC[C@H]3CC(=O)OC2O[C@H](C(=O)O)[C@@H](O)[C@H](O)[C@H]2O)c1. The minimum atomic E-state index is -3.03. The summed E-state index contributed by atoms with van der Waals surface area (Å²) in [5.41, 5.74) is 5.81. The van der Waals surface area contributed by atoms with E-state index in [4.69, 9.17) is 23.7 Å². The molecule has 2 aliphatic heterocycles. The molecule has 0 amide bonds. The molecule has 2 aliphatic rings. The van der Waals surface area contributed by atoms with Gasteiger partial charge in [-0.2, -0.15) is 0 Å². The van der Waals surface area contributed by atoms with Crippen LogP contribution in [0.5, 0.6) is 17.2 Å². The molecule has 1 fully saturated rings. The minimum Gasteiger partial charge on any atom is -0.494 e. The number of sulfone groups is 1. The summed E-state index contributed by atoms with van der Waals surface area (Å²) in [6.07, 6.45) is -7.78. The van der Waals surface area contributed by atoms with Gasteiger partial charge in [0.25, 0.3) is 0 Å². The third-order valence-electron chi connectivity index (χ3n) is 8.39. The fourth-order valence-corrected chi connectivity index (χ4v) is 6.64. The lowest BCUT2D eigenvalue weighted by atomic mass is 9.94. The van der Waals surface area contributed by atoms with Crippen LogP contribution in [0.25, 0.3) is 11.1 Å². The van der Waals surface area contributed by atoms with Crippen LogP contribution in [0.3, 0.4) is 0 Å². The van der Waals surface area contributed by atoms with Crippen LogP contribution in [0.1, 0.15) is 41.0 Å². The van der Waals surface area contributed by atoms with Gasteiger partial charge in [-0.3, -0.25) is 4.79 Å². The third-order valence-corrected chi connectivity index (χ3v) is 9.42. The molecule has 0 bridgehead atoms. The molecule has 1 saturated heterocycles. The van der Waals surface area contributed by atoms with Crippen molar-refractivity contribution in [2.45, 2.75) is 69.9 Å². The predicted octanol–water partition coefficient (Wildman–Crippen LogP) is 2.66. The monoisotopic (exact) mass is 700 g/mol. The van der Waals surface area contributed by atoms with Crippen molar-refractivity contribution in [3.05, 3.63) is 76.9 Å². The number of hydrogen-bond acceptors (Lipinski definition) is 12. The van der Waals surface area contributed by atoms with E-state index in [-0.39, 0.29) is 25.4 Å². The van der Waals surface area contributed by atoms with E-state index in [0.29, 0.717) is 30.3 Å². The Kier molecular flexibility index (Phi) is 11.1. The number of carbonyl (C=O) groups is 2. The number of fused-ring (bicyclic) bond motifs is 1. The molecule has 0 aromatic heterocycles. The van der Waals surface area contributed by atoms with E-state index >= 15 is 0 Å². The van der Waals surface area contributed by atoms with Crippen molar-refractivity contribution in [2.24, 2.45) is 0 Å². The van der Waals surface area contributed by atoms with Gasteiger partial charge in [-0.25, -0.2) is 13.2 Å². The molecule has 6 atom stereocenters. The van der Waals surface area contributed by atoms with Crippen LogP contribution in [0.15, 0.2) is 54.6 Å². The van der Waals surface area contributed by atoms with Gasteiger partial charge in [-0.05, 0) is 72.4 Å². The number of aliphatic hydroxyl groups is 3. The second-order valence-corrected chi connectivity index (χ2v) is 14.6. The normalized spacial score (nSPS) is 23.3. The summed E-state index contributed by atoms with van der Waals surface area (Å²) in [6, 6.07) is 17.2. The maximum Gasteiger partial charge on any atom is 0.335 e. The lowest BCUT2D eigenvalue weighted by Crippen LogP contribution is -2.60. The second-order valence-electron chi connectivity index (χ2n) is 12.4. The highest BCUT2D eigenvalue weighted by Crippen LogP contribution is 2.39. The van der Waals surface area contributed by atoms with Gasteiger partial charge in [0.15, 0.2) is 6.10 Å². The number of carboxylic acid groups (broad SMARTS) is 1. The first kappa shape index (κ1) is 36.1. The van der Waals surface area contributed by atoms with Crippen molar-refractivity contribution in [1.82, 2.24) is 0 Å². The van der Waals surface area contributed by atoms with E-state index in [2.05, 4.69) is 6.07 Å². The van der Waals surface area contributed by atoms with E-state index in [9.17, 15) is 38.4 Å². The molecule has 5 rings (SSSR count). The molecule has 4 N–H and O–H groups in total. The topological polar surface area (TPSA) is 195 Å². The fraction of sp³-hybridized carbons (Fsp3) is 0.429. The Balaban J connectivity index is 1.17. The van der Waals surface area contributed by atoms with Crippen molar-refractivity contribution in [3.63, 3.8) is 0 Å². The number of esters is 1. The summed E-state index contributed by atoms with van der Waals surface area (Å²) in [4.78, 5) is 24.0. The molecule has 49 heavy (non-hydrogen) atoms. The summed E-state index contributed by atoms with van der Waals surface area (Å²) >= 11 is 0. The average molecular weight is 701 g/mol. The summed E-state index contributed by atoms with van der Waals surface area (Å²) in [5, 5.41) is 39.1. The van der Waals surface area contributed by atoms with Crippen LogP contribution in [-0.2, 0) is 35.5 Å². The van der Waals surface area contributed by atoms with Gasteiger partial charge >= 0.3 is 11.9 Å². The quantitative estimate of drug-likeness (QED) is 0.150. The maximum atomic E-state index is 12.7. The number of carbonyl (C=O) groups excluding carboxylic acids is 1. The van der Waals surface area contributed by atoms with Crippen LogP contribution < -0.4 is 14.2 Å². The Labute approximate surface area is 283 Å². The average Bonchev–Trinajstić information content (AvgIpc) is 3.43. The Morgan fingerprint density at radius 3 is 2.35 bits per heavy atom. The van der Waals surface area contributed by atoms with Crippen molar-refractivity contribution >= 4 is 21.8 Å². The van der Waals surface area contributed by atoms with Gasteiger partial charge in [0.2, 0.25) is 6.29 Å². The van der Waals surface area contributed by atoms with Crippen LogP contribution in [0, 0.1) is 13.8 Å². The Morgan fingerprint density at radius 1 is 0.918 bits per heavy atom. The van der Waals surface area contributed by atoms with Gasteiger partial charge in [0.05, 0.1) is 25.4 Å². The van der Waals surface area contributed by atoms with Crippen LogP contribution in [0.2, 0.25) is 0 Å². The summed E-state index contributed by atoms with van der Waals surface area (Å²) in [7, 11) is -3.03. The van der Waals surface area contributed by atoms with Gasteiger partial charge in [0.1, 0.15) is 52.0 Å². The van der Waals surface area contributed by atoms with Gasteiger partial charge < -0.3 is 44.1 Å². The summed E-state index contributed by atoms with van der Waals surface area (Å²) in [6.45, 7) is 4.78. The van der Waals surface area contributed by atoms with Crippen molar-refractivity contribution in [3.8, 4) is 28.4 Å². The lowest BCUT2D eigenvalue weighted by Gasteiger charge is -2.38. The number of aliphatic carboxylic acids is 1. The van der Waals surface area contributed by atoms with Crippen molar-refractivity contribution in [2.75, 3.05) is 25.2 Å². The second kappa shape index (κ2) is 15.1. The lowest BCUT2D eigenvalue weighted by molar-refractivity contribution is -0.286. The van der Waals surface area contributed by atoms with E-state index in [0.717, 1.165) is 33.4 Å². The Bertz CT molecular complexity index is 1770. The highest BCUT2D eigenvalue weighted by atomic mass is 32.2. The first-order chi connectivity index (χ1) is 23.2. The molecule has 3 aromatic rings. The molecule has 0 spiro atoms. The highest BCUT2D eigenvalue weighted by Gasteiger charge is 2.48. The first-order valence-electron chi connectivity index (χ1n) is 15.7. The molecule has 0 radical (unpaired) electrons. The number of aliphatic hydroxyl groups excluding tert-OH is 3. The van der Waals surface area contributed by atoms with Crippen LogP contribution in [0.4, 0.5) is 0 Å². The minimum absolute atomic E-state index is 0.0794. The zero-order valence-corrected chi connectivity index (χ0v) is 28.1. The Hall–Kier alpha value is -4.21. The smallest absolute Gasteiger partial charge is 0.335 e. The Morgan fingerprint density at radius 2 is 1.65 bits per heavy atom. The standard InChI is InChI=1S/C35H40O13S/c1-19-12-25(44-10-5-11-49(3,42)43)13-20(2)29(19)22-7-4-6-21(14-22)17-45-24-8-9-26-23(18-46-27(26)16-24)15-28(36)47-35-32(39)30(37)31(38)33(48-35)34(40)41/h4,6-9,12-14,16,23,30-33,35,37-39H,5,10-11,15,17-18H2,1-3H3,(H,40,41)/t23-,30+,31+,32-,33+,35?/m1/s1. The van der Waals surface area contributed by atoms with E-state index in [1.807, 2.05) is 44.2 Å². The molecule has 14 heteroatoms. The third kappa shape index (κ3) is 8.88. The zero-order chi connectivity index (χ0) is 35.5. The molecular weight excluding hydrogens is 660 g/mol. The van der Waals surface area contributed by atoms with Gasteiger partial charge in [0, 0.05) is 23.8 Å². The number of hydrogen-bond donors (Lipinski definition) is 4. The molecule has 0 aliphatic carbocycles. The van der Waals surface area contributed by atoms with E-state index in [1.54, 1.807) is 18.2 Å². The van der Waals surface area contributed by atoms with Gasteiger partial charge in [-0.15, -0.1) is 0 Å². The zero-order valence-electron chi connectivity index (χ0n) is 27.3. The molecule has 3 aromatic carbocycles. The number of rotatable bonds is 13. The summed E-state index contributed by atoms with van der Waals surface area (Å²) in [5.74, 6) is -0.916. The molecule has 0 saturated carbocycles. The molecule has 264 valence electrons. The van der Waals surface area contributed by atoms with Crippen molar-refractivity contribution in [1.29, 1.82) is 0 Å². The van der Waals surface area contributed by atoms with Crippen LogP contribution >= 0.6 is 0 Å². The molecule has 2 heterocycles. The number of aryl methyl sites for hydroxylation is 2.